The smallest absolute Gasteiger partial charge is 0.310 e. The minimum atomic E-state index is 0.00667. The van der Waals surface area contributed by atoms with E-state index in [2.05, 4.69) is 5.32 Å². The molecular weight excluding hydrogens is 166 g/mol. The van der Waals surface area contributed by atoms with Crippen LogP contribution in [0.1, 0.15) is 26.2 Å². The highest BCUT2D eigenvalue weighted by molar-refractivity contribution is 5.74. The van der Waals surface area contributed by atoms with Crippen molar-refractivity contribution in [3.63, 3.8) is 0 Å². The van der Waals surface area contributed by atoms with Gasteiger partial charge in [0, 0.05) is 13.1 Å². The number of esters is 1. The molecule has 1 N–H and O–H groups in total. The van der Waals surface area contributed by atoms with Gasteiger partial charge in [0.1, 0.15) is 0 Å². The maximum atomic E-state index is 11.6. The van der Waals surface area contributed by atoms with Gasteiger partial charge in [0.25, 0.3) is 0 Å². The summed E-state index contributed by atoms with van der Waals surface area (Å²) in [5, 5.41) is 3.30. The third-order valence-corrected chi connectivity index (χ3v) is 3.49. The molecule has 0 bridgehead atoms. The second-order valence-corrected chi connectivity index (χ2v) is 4.15. The topological polar surface area (TPSA) is 38.3 Å². The summed E-state index contributed by atoms with van der Waals surface area (Å²) < 4.78 is 5.08. The molecule has 3 nitrogen and oxygen atoms in total. The van der Waals surface area contributed by atoms with E-state index in [1.807, 2.05) is 6.92 Å². The average Bonchev–Trinajstić information content (AvgIpc) is 2.46. The Morgan fingerprint density at radius 2 is 2.38 bits per heavy atom. The van der Waals surface area contributed by atoms with Gasteiger partial charge >= 0.3 is 5.97 Å². The minimum absolute atomic E-state index is 0.00667. The molecule has 0 aromatic rings. The van der Waals surface area contributed by atoms with E-state index in [1.54, 1.807) is 0 Å². The Kier molecular flexibility index (Phi) is 2.28. The number of nitrogens with one attached hydrogen (secondary N) is 1. The highest BCUT2D eigenvalue weighted by Crippen LogP contribution is 2.49. The fourth-order valence-electron chi connectivity index (χ4n) is 2.54. The van der Waals surface area contributed by atoms with Crippen molar-refractivity contribution in [1.82, 2.24) is 5.32 Å². The van der Waals surface area contributed by atoms with Gasteiger partial charge < -0.3 is 10.1 Å². The Morgan fingerprint density at radius 1 is 1.62 bits per heavy atom. The molecule has 1 spiro atoms. The fraction of sp³-hybridized carbons (Fsp3) is 0.900. The van der Waals surface area contributed by atoms with Gasteiger partial charge in [-0.2, -0.15) is 0 Å². The Morgan fingerprint density at radius 3 is 2.92 bits per heavy atom. The summed E-state index contributed by atoms with van der Waals surface area (Å²) in [4.78, 5) is 11.6. The molecule has 0 radical (unpaired) electrons. The highest BCUT2D eigenvalue weighted by atomic mass is 16.5. The summed E-state index contributed by atoms with van der Waals surface area (Å²) in [6, 6.07) is 0. The molecule has 1 aliphatic carbocycles. The van der Waals surface area contributed by atoms with E-state index in [0.29, 0.717) is 6.61 Å². The van der Waals surface area contributed by atoms with Gasteiger partial charge in [0.15, 0.2) is 0 Å². The summed E-state index contributed by atoms with van der Waals surface area (Å²) in [5.74, 6) is 0.133. The standard InChI is InChI=1S/C10H17NO2/c1-2-13-9(12)8-6-11-7-10(8)4-3-5-10/h8,11H,2-7H2,1H3/t8-/m0/s1. The number of hydrogen-bond donors (Lipinski definition) is 1. The van der Waals surface area contributed by atoms with Crippen molar-refractivity contribution in [2.24, 2.45) is 11.3 Å². The van der Waals surface area contributed by atoms with Crippen molar-refractivity contribution < 1.29 is 9.53 Å². The maximum Gasteiger partial charge on any atom is 0.310 e. The highest BCUT2D eigenvalue weighted by Gasteiger charge is 2.51. The van der Waals surface area contributed by atoms with Crippen LogP contribution in [0.5, 0.6) is 0 Å². The van der Waals surface area contributed by atoms with Crippen molar-refractivity contribution in [2.75, 3.05) is 19.7 Å². The molecule has 0 unspecified atom stereocenters. The van der Waals surface area contributed by atoms with Gasteiger partial charge in [0.2, 0.25) is 0 Å². The summed E-state index contributed by atoms with van der Waals surface area (Å²) in [6.45, 7) is 4.20. The number of carbonyl (C=O) groups excluding carboxylic acids is 1. The van der Waals surface area contributed by atoms with Crippen LogP contribution in [0.2, 0.25) is 0 Å². The van der Waals surface area contributed by atoms with Gasteiger partial charge in [-0.3, -0.25) is 4.79 Å². The molecular formula is C10H17NO2. The lowest BCUT2D eigenvalue weighted by Crippen LogP contribution is -2.41. The largest absolute Gasteiger partial charge is 0.466 e. The first-order valence-electron chi connectivity index (χ1n) is 5.16. The summed E-state index contributed by atoms with van der Waals surface area (Å²) in [7, 11) is 0. The van der Waals surface area contributed by atoms with E-state index >= 15 is 0 Å². The summed E-state index contributed by atoms with van der Waals surface area (Å²) >= 11 is 0. The summed E-state index contributed by atoms with van der Waals surface area (Å²) in [6.07, 6.45) is 3.67. The maximum absolute atomic E-state index is 11.6. The third-order valence-electron chi connectivity index (χ3n) is 3.49. The van der Waals surface area contributed by atoms with Gasteiger partial charge in [-0.15, -0.1) is 0 Å². The molecule has 0 aromatic carbocycles. The first-order chi connectivity index (χ1) is 6.28. The van der Waals surface area contributed by atoms with Crippen LogP contribution in [-0.4, -0.2) is 25.7 Å². The van der Waals surface area contributed by atoms with Crippen LogP contribution in [0.3, 0.4) is 0 Å². The van der Waals surface area contributed by atoms with E-state index in [0.717, 1.165) is 13.1 Å². The van der Waals surface area contributed by atoms with Gasteiger partial charge in [-0.1, -0.05) is 6.42 Å². The predicted octanol–water partition coefficient (Wildman–Crippen LogP) is 0.939. The lowest BCUT2D eigenvalue weighted by Gasteiger charge is -2.41. The minimum Gasteiger partial charge on any atom is -0.466 e. The quantitative estimate of drug-likeness (QED) is 0.647. The Hall–Kier alpha value is -0.570. The van der Waals surface area contributed by atoms with E-state index in [-0.39, 0.29) is 17.3 Å². The van der Waals surface area contributed by atoms with E-state index < -0.39 is 0 Å². The van der Waals surface area contributed by atoms with Crippen LogP contribution in [-0.2, 0) is 9.53 Å². The molecule has 2 rings (SSSR count). The number of ether oxygens (including phenoxy) is 1. The average molecular weight is 183 g/mol. The van der Waals surface area contributed by atoms with Gasteiger partial charge in [-0.05, 0) is 25.2 Å². The second kappa shape index (κ2) is 3.29. The summed E-state index contributed by atoms with van der Waals surface area (Å²) in [5.41, 5.74) is 0.270. The number of hydrogen-bond acceptors (Lipinski definition) is 3. The van der Waals surface area contributed by atoms with Crippen LogP contribution >= 0.6 is 0 Å². The number of carbonyl (C=O) groups is 1. The Bertz CT molecular complexity index is 211. The molecule has 2 fully saturated rings. The Balaban J connectivity index is 2.01. The van der Waals surface area contributed by atoms with Gasteiger partial charge in [-0.25, -0.2) is 0 Å². The third kappa shape index (κ3) is 1.35. The van der Waals surface area contributed by atoms with Crippen molar-refractivity contribution >= 4 is 5.97 Å². The molecule has 1 saturated heterocycles. The van der Waals surface area contributed by atoms with E-state index in [4.69, 9.17) is 4.74 Å². The molecule has 0 amide bonds. The molecule has 2 aliphatic rings. The van der Waals surface area contributed by atoms with Crippen LogP contribution in [0.15, 0.2) is 0 Å². The van der Waals surface area contributed by atoms with Crippen LogP contribution in [0.25, 0.3) is 0 Å². The lowest BCUT2D eigenvalue weighted by molar-refractivity contribution is -0.153. The monoisotopic (exact) mass is 183 g/mol. The zero-order chi connectivity index (χ0) is 9.31. The van der Waals surface area contributed by atoms with Crippen LogP contribution in [0, 0.1) is 11.3 Å². The predicted molar refractivity (Wildman–Crippen MR) is 49.3 cm³/mol. The molecule has 74 valence electrons. The number of rotatable bonds is 2. The Labute approximate surface area is 78.8 Å². The normalized spacial score (nSPS) is 30.1. The molecule has 1 aliphatic heterocycles. The van der Waals surface area contributed by atoms with Crippen molar-refractivity contribution in [1.29, 1.82) is 0 Å². The molecule has 0 aromatic heterocycles. The van der Waals surface area contributed by atoms with Gasteiger partial charge in [0.05, 0.1) is 12.5 Å². The zero-order valence-corrected chi connectivity index (χ0v) is 8.14. The lowest BCUT2D eigenvalue weighted by atomic mass is 9.63. The zero-order valence-electron chi connectivity index (χ0n) is 8.14. The molecule has 1 saturated carbocycles. The molecule has 1 heterocycles. The molecule has 13 heavy (non-hydrogen) atoms. The first-order valence-corrected chi connectivity index (χ1v) is 5.16. The first kappa shape index (κ1) is 9.00. The molecule has 1 atom stereocenters. The van der Waals surface area contributed by atoms with Crippen molar-refractivity contribution in [3.05, 3.63) is 0 Å². The van der Waals surface area contributed by atoms with E-state index in [9.17, 15) is 4.79 Å². The van der Waals surface area contributed by atoms with Crippen LogP contribution in [0.4, 0.5) is 0 Å². The van der Waals surface area contributed by atoms with Crippen molar-refractivity contribution in [3.8, 4) is 0 Å². The van der Waals surface area contributed by atoms with Crippen molar-refractivity contribution in [2.45, 2.75) is 26.2 Å². The molecule has 3 heteroatoms. The SMILES string of the molecule is CCOC(=O)[C@@H]1CNCC12CCC2. The van der Waals surface area contributed by atoms with Crippen LogP contribution < -0.4 is 5.32 Å². The van der Waals surface area contributed by atoms with E-state index in [1.165, 1.54) is 19.3 Å². The second-order valence-electron chi connectivity index (χ2n) is 4.15. The fourth-order valence-corrected chi connectivity index (χ4v) is 2.54.